The van der Waals surface area contributed by atoms with Gasteiger partial charge in [-0.05, 0) is 41.9 Å². The molecule has 1 N–H and O–H groups in total. The van der Waals surface area contributed by atoms with E-state index in [9.17, 15) is 0 Å². The second-order valence-corrected chi connectivity index (χ2v) is 6.95. The fourth-order valence-electron chi connectivity index (χ4n) is 6.36. The summed E-state index contributed by atoms with van der Waals surface area (Å²) in [4.78, 5) is 0.752. The van der Waals surface area contributed by atoms with E-state index in [1.54, 1.807) is 0 Å². The third kappa shape index (κ3) is 0.427. The molecule has 6 aliphatic rings. The van der Waals surface area contributed by atoms with Gasteiger partial charge in [0.1, 0.15) is 0 Å². The molecule has 0 amide bonds. The second kappa shape index (κ2) is 1.81. The van der Waals surface area contributed by atoms with Gasteiger partial charge in [0.15, 0.2) is 0 Å². The van der Waals surface area contributed by atoms with Gasteiger partial charge in [0.25, 0.3) is 0 Å². The molecule has 6 saturated carbocycles. The van der Waals surface area contributed by atoms with Gasteiger partial charge in [0.05, 0.1) is 5.71 Å². The molecule has 0 aliphatic heterocycles. The molecule has 6 rings (SSSR count). The number of oxime groups is 1. The molecular weight excluding hydrogens is 242 g/mol. The average Bonchev–Trinajstić information content (AvgIpc) is 2.85. The van der Waals surface area contributed by atoms with Crippen molar-refractivity contribution in [1.29, 1.82) is 0 Å². The van der Waals surface area contributed by atoms with Crippen molar-refractivity contribution < 1.29 is 5.21 Å². The Balaban J connectivity index is 1.85. The highest BCUT2D eigenvalue weighted by Crippen LogP contribution is 2.82. The van der Waals surface area contributed by atoms with Crippen molar-refractivity contribution in [2.24, 2.45) is 52.5 Å². The summed E-state index contributed by atoms with van der Waals surface area (Å²) in [5, 5.41) is 12.8. The predicted molar refractivity (Wildman–Crippen MR) is 54.5 cm³/mol. The Hall–Kier alpha value is -0.0500. The number of nitrogens with zero attached hydrogens (tertiary/aromatic N) is 1. The minimum absolute atomic E-state index is 0.674. The monoisotopic (exact) mass is 253 g/mol. The summed E-state index contributed by atoms with van der Waals surface area (Å²) >= 11 is 3.91. The normalized spacial score (nSPS) is 77.8. The van der Waals surface area contributed by atoms with Crippen LogP contribution in [-0.4, -0.2) is 15.7 Å². The van der Waals surface area contributed by atoms with Crippen LogP contribution in [0, 0.1) is 47.3 Å². The standard InChI is InChI=1S/C11H12BrNO/c12-10-6-2-1-3-4(6)9-8(10)5(2)7(3)11(9)13-14/h2-10,14H,1H2/b13-11-/t2-,3+,4-,5-,6-,7-,8-,9+,10+/m0/s1. The van der Waals surface area contributed by atoms with Crippen LogP contribution < -0.4 is 0 Å². The number of hydrogen-bond acceptors (Lipinski definition) is 2. The molecule has 9 atom stereocenters. The molecule has 6 bridgehead atoms. The van der Waals surface area contributed by atoms with Crippen LogP contribution in [0.2, 0.25) is 0 Å². The van der Waals surface area contributed by atoms with E-state index >= 15 is 0 Å². The minimum Gasteiger partial charge on any atom is -0.411 e. The summed E-state index contributed by atoms with van der Waals surface area (Å²) in [6.07, 6.45) is 1.44. The van der Waals surface area contributed by atoms with Crippen molar-refractivity contribution in [2.45, 2.75) is 11.2 Å². The van der Waals surface area contributed by atoms with Crippen LogP contribution in [0.1, 0.15) is 6.42 Å². The van der Waals surface area contributed by atoms with Crippen molar-refractivity contribution in [3.8, 4) is 0 Å². The van der Waals surface area contributed by atoms with Crippen molar-refractivity contribution in [3.05, 3.63) is 0 Å². The second-order valence-electron chi connectivity index (χ2n) is 5.89. The summed E-state index contributed by atoms with van der Waals surface area (Å²) < 4.78 is 0. The van der Waals surface area contributed by atoms with Crippen LogP contribution in [0.15, 0.2) is 5.16 Å². The minimum atomic E-state index is 0.674. The summed E-state index contributed by atoms with van der Waals surface area (Å²) in [7, 11) is 0. The molecule has 6 fully saturated rings. The number of halogens is 1. The predicted octanol–water partition coefficient (Wildman–Crippen LogP) is 1.97. The molecule has 14 heavy (non-hydrogen) atoms. The van der Waals surface area contributed by atoms with Crippen LogP contribution in [0.3, 0.4) is 0 Å². The SMILES string of the molecule is O/N=C1\[C@H]2[C@H]3[C@H](Br)[C@H]4[C@H]5C[C@@H]([C@H]1[C@H]53)[C@H]24. The lowest BCUT2D eigenvalue weighted by molar-refractivity contribution is 0.132. The highest BCUT2D eigenvalue weighted by molar-refractivity contribution is 9.09. The molecule has 0 heterocycles. The van der Waals surface area contributed by atoms with Crippen LogP contribution in [0.4, 0.5) is 0 Å². The Morgan fingerprint density at radius 3 is 2.57 bits per heavy atom. The topological polar surface area (TPSA) is 32.6 Å². The zero-order valence-electron chi connectivity index (χ0n) is 7.68. The first kappa shape index (κ1) is 7.26. The lowest BCUT2D eigenvalue weighted by atomic mass is 9.71. The highest BCUT2D eigenvalue weighted by Gasteiger charge is 2.82. The third-order valence-electron chi connectivity index (χ3n) is 6.16. The van der Waals surface area contributed by atoms with E-state index in [-0.39, 0.29) is 0 Å². The zero-order chi connectivity index (χ0) is 9.19. The molecule has 2 nitrogen and oxygen atoms in total. The molecule has 0 aromatic heterocycles. The molecule has 6 aliphatic carbocycles. The lowest BCUT2D eigenvalue weighted by Crippen LogP contribution is -2.30. The smallest absolute Gasteiger partial charge is 0.0644 e. The van der Waals surface area contributed by atoms with Gasteiger partial charge >= 0.3 is 0 Å². The summed E-state index contributed by atoms with van der Waals surface area (Å²) in [5.74, 6) is 6.84. The van der Waals surface area contributed by atoms with Gasteiger partial charge in [-0.1, -0.05) is 21.1 Å². The van der Waals surface area contributed by atoms with Crippen LogP contribution in [-0.2, 0) is 0 Å². The summed E-state index contributed by atoms with van der Waals surface area (Å²) in [6.45, 7) is 0. The molecule has 0 saturated heterocycles. The Labute approximate surface area is 90.9 Å². The molecule has 0 unspecified atom stereocenters. The third-order valence-corrected chi connectivity index (χ3v) is 7.38. The van der Waals surface area contributed by atoms with E-state index in [1.807, 2.05) is 0 Å². The van der Waals surface area contributed by atoms with E-state index in [0.717, 1.165) is 40.3 Å². The molecule has 3 heteroatoms. The van der Waals surface area contributed by atoms with Gasteiger partial charge in [-0.15, -0.1) is 0 Å². The quantitative estimate of drug-likeness (QED) is 0.400. The maximum absolute atomic E-state index is 9.14. The number of hydrogen-bond donors (Lipinski definition) is 1. The van der Waals surface area contributed by atoms with Crippen LogP contribution >= 0.6 is 15.9 Å². The first-order valence-electron chi connectivity index (χ1n) is 5.70. The maximum Gasteiger partial charge on any atom is 0.0644 e. The van der Waals surface area contributed by atoms with Crippen molar-refractivity contribution in [2.75, 3.05) is 0 Å². The summed E-state index contributed by atoms with van der Waals surface area (Å²) in [5.41, 5.74) is 1.20. The molecule has 0 spiro atoms. The zero-order valence-corrected chi connectivity index (χ0v) is 9.26. The first-order valence-corrected chi connectivity index (χ1v) is 6.62. The first-order chi connectivity index (χ1) is 6.84. The molecule has 74 valence electrons. The Morgan fingerprint density at radius 2 is 1.86 bits per heavy atom. The molecule has 0 aromatic rings. The van der Waals surface area contributed by atoms with E-state index in [4.69, 9.17) is 5.21 Å². The van der Waals surface area contributed by atoms with E-state index in [1.165, 1.54) is 12.1 Å². The van der Waals surface area contributed by atoms with E-state index in [2.05, 4.69) is 21.1 Å². The maximum atomic E-state index is 9.14. The van der Waals surface area contributed by atoms with Gasteiger partial charge < -0.3 is 5.21 Å². The van der Waals surface area contributed by atoms with Crippen molar-refractivity contribution in [3.63, 3.8) is 0 Å². The van der Waals surface area contributed by atoms with Crippen molar-refractivity contribution in [1.82, 2.24) is 0 Å². The Kier molecular flexibility index (Phi) is 0.940. The van der Waals surface area contributed by atoms with Gasteiger partial charge in [-0.25, -0.2) is 0 Å². The van der Waals surface area contributed by atoms with E-state index < -0.39 is 0 Å². The van der Waals surface area contributed by atoms with Crippen LogP contribution in [0.5, 0.6) is 0 Å². The fourth-order valence-corrected chi connectivity index (χ4v) is 7.79. The Morgan fingerprint density at radius 1 is 1.07 bits per heavy atom. The average molecular weight is 254 g/mol. The lowest BCUT2D eigenvalue weighted by Gasteiger charge is -2.32. The van der Waals surface area contributed by atoms with Gasteiger partial charge in [-0.2, -0.15) is 0 Å². The summed E-state index contributed by atoms with van der Waals surface area (Å²) in [6, 6.07) is 0. The molecular formula is C11H12BrNO. The highest BCUT2D eigenvalue weighted by atomic mass is 79.9. The fraction of sp³-hybridized carbons (Fsp3) is 0.909. The van der Waals surface area contributed by atoms with Crippen LogP contribution in [0.25, 0.3) is 0 Å². The number of alkyl halides is 1. The molecule has 0 aromatic carbocycles. The number of rotatable bonds is 0. The Bertz CT molecular complexity index is 379. The molecule has 0 radical (unpaired) electrons. The largest absolute Gasteiger partial charge is 0.411 e. The van der Waals surface area contributed by atoms with Crippen molar-refractivity contribution >= 4 is 21.6 Å². The van der Waals surface area contributed by atoms with Gasteiger partial charge in [-0.3, -0.25) is 0 Å². The van der Waals surface area contributed by atoms with E-state index in [0.29, 0.717) is 11.8 Å². The van der Waals surface area contributed by atoms with Gasteiger partial charge in [0.2, 0.25) is 0 Å². The van der Waals surface area contributed by atoms with Gasteiger partial charge in [0, 0.05) is 16.7 Å².